The largest absolute Gasteiger partial charge is 0.356 e. The van der Waals surface area contributed by atoms with E-state index in [0.29, 0.717) is 6.61 Å². The lowest BCUT2D eigenvalue weighted by Gasteiger charge is -1.99. The number of rotatable bonds is 3. The summed E-state index contributed by atoms with van der Waals surface area (Å²) < 4.78 is 5.10. The molecule has 0 aliphatic rings. The lowest BCUT2D eigenvalue weighted by atomic mass is 10.1. The molecule has 0 saturated carbocycles. The van der Waals surface area contributed by atoms with Crippen LogP contribution in [0.1, 0.15) is 11.3 Å². The highest BCUT2D eigenvalue weighted by Gasteiger charge is 2.04. The van der Waals surface area contributed by atoms with Crippen molar-refractivity contribution in [3.63, 3.8) is 0 Å². The quantitative estimate of drug-likeness (QED) is 0.750. The summed E-state index contributed by atoms with van der Waals surface area (Å²) in [5.41, 5.74) is 2.91. The molecule has 14 heavy (non-hydrogen) atoms. The summed E-state index contributed by atoms with van der Waals surface area (Å²) in [5, 5.41) is 4.94. The van der Waals surface area contributed by atoms with Crippen LogP contribution in [-0.4, -0.2) is 11.8 Å². The number of benzene rings is 1. The van der Waals surface area contributed by atoms with E-state index in [0.717, 1.165) is 23.1 Å². The Hall–Kier alpha value is -1.39. The third kappa shape index (κ3) is 1.62. The second-order valence-electron chi connectivity index (χ2n) is 3.22. The first-order valence-electron chi connectivity index (χ1n) is 4.48. The highest BCUT2D eigenvalue weighted by molar-refractivity contribution is 5.79. The number of fused-ring (bicyclic) bond motifs is 1. The van der Waals surface area contributed by atoms with Crippen LogP contribution < -0.4 is 5.90 Å². The molecular weight excluding hydrogens is 180 g/mol. The zero-order chi connectivity index (χ0) is 9.97. The number of hydrogen-bond donors (Lipinski definition) is 1. The number of aromatic nitrogens is 1. The predicted octanol–water partition coefficient (Wildman–Crippen LogP) is 1.57. The van der Waals surface area contributed by atoms with Crippen LogP contribution in [0.4, 0.5) is 0 Å². The molecule has 4 heteroatoms. The van der Waals surface area contributed by atoms with E-state index in [1.165, 1.54) is 5.56 Å². The average Bonchev–Trinajstić information content (AvgIpc) is 2.57. The van der Waals surface area contributed by atoms with Crippen LogP contribution in [0.2, 0.25) is 0 Å². The Morgan fingerprint density at radius 2 is 2.36 bits per heavy atom. The summed E-state index contributed by atoms with van der Waals surface area (Å²) in [4.78, 5) is 4.53. The average molecular weight is 192 g/mol. The molecule has 0 saturated heterocycles. The number of nitrogens with zero attached hydrogens (tertiary/aromatic N) is 1. The van der Waals surface area contributed by atoms with Gasteiger partial charge in [-0.05, 0) is 31.0 Å². The zero-order valence-electron chi connectivity index (χ0n) is 7.99. The minimum absolute atomic E-state index is 0.524. The van der Waals surface area contributed by atoms with Crippen molar-refractivity contribution >= 4 is 11.0 Å². The molecule has 0 unspecified atom stereocenters. The summed E-state index contributed by atoms with van der Waals surface area (Å²) in [6.07, 6.45) is 0.803. The molecule has 0 bridgehead atoms. The molecule has 74 valence electrons. The van der Waals surface area contributed by atoms with Crippen LogP contribution in [0.15, 0.2) is 22.7 Å². The Morgan fingerprint density at radius 3 is 3.14 bits per heavy atom. The van der Waals surface area contributed by atoms with Gasteiger partial charge in [-0.1, -0.05) is 11.2 Å². The molecular formula is C10H12N2O2. The summed E-state index contributed by atoms with van der Waals surface area (Å²) in [5.74, 6) is 4.97. The van der Waals surface area contributed by atoms with Gasteiger partial charge in [-0.15, -0.1) is 0 Å². The molecule has 0 aliphatic carbocycles. The van der Waals surface area contributed by atoms with Gasteiger partial charge in [0.15, 0.2) is 5.58 Å². The van der Waals surface area contributed by atoms with Gasteiger partial charge in [-0.25, -0.2) is 5.90 Å². The first-order valence-corrected chi connectivity index (χ1v) is 4.48. The first kappa shape index (κ1) is 9.18. The summed E-state index contributed by atoms with van der Waals surface area (Å²) in [6, 6.07) is 5.97. The fraction of sp³-hybridized carbons (Fsp3) is 0.300. The van der Waals surface area contributed by atoms with Crippen molar-refractivity contribution in [1.29, 1.82) is 0 Å². The maximum Gasteiger partial charge on any atom is 0.167 e. The molecule has 2 rings (SSSR count). The third-order valence-electron chi connectivity index (χ3n) is 2.22. The second kappa shape index (κ2) is 3.77. The van der Waals surface area contributed by atoms with Crippen LogP contribution in [0, 0.1) is 6.92 Å². The Kier molecular flexibility index (Phi) is 2.47. The number of hydrogen-bond acceptors (Lipinski definition) is 4. The molecule has 0 spiro atoms. The van der Waals surface area contributed by atoms with Gasteiger partial charge in [0.05, 0.1) is 12.3 Å². The molecule has 1 aromatic carbocycles. The van der Waals surface area contributed by atoms with E-state index in [4.69, 9.17) is 10.4 Å². The minimum atomic E-state index is 0.524. The smallest absolute Gasteiger partial charge is 0.167 e. The first-order chi connectivity index (χ1) is 6.81. The van der Waals surface area contributed by atoms with Gasteiger partial charge in [0.25, 0.3) is 0 Å². The molecule has 4 nitrogen and oxygen atoms in total. The molecule has 0 atom stereocenters. The van der Waals surface area contributed by atoms with Crippen molar-refractivity contribution in [3.8, 4) is 0 Å². The molecule has 1 aromatic heterocycles. The van der Waals surface area contributed by atoms with Crippen LogP contribution >= 0.6 is 0 Å². The molecule has 0 fully saturated rings. The van der Waals surface area contributed by atoms with Gasteiger partial charge in [-0.3, -0.25) is 0 Å². The summed E-state index contributed by atoms with van der Waals surface area (Å²) in [6.45, 7) is 2.45. The van der Waals surface area contributed by atoms with Crippen LogP contribution in [0.25, 0.3) is 11.0 Å². The highest BCUT2D eigenvalue weighted by Crippen LogP contribution is 2.19. The zero-order valence-corrected chi connectivity index (χ0v) is 7.99. The van der Waals surface area contributed by atoms with E-state index in [1.807, 2.05) is 19.1 Å². The van der Waals surface area contributed by atoms with E-state index < -0.39 is 0 Å². The van der Waals surface area contributed by atoms with Gasteiger partial charge in [0.1, 0.15) is 0 Å². The third-order valence-corrected chi connectivity index (χ3v) is 2.22. The van der Waals surface area contributed by atoms with Crippen LogP contribution in [-0.2, 0) is 11.3 Å². The predicted molar refractivity (Wildman–Crippen MR) is 52.6 cm³/mol. The number of aryl methyl sites for hydroxylation is 1. The van der Waals surface area contributed by atoms with Crippen molar-refractivity contribution < 1.29 is 9.36 Å². The van der Waals surface area contributed by atoms with Crippen molar-refractivity contribution in [2.75, 3.05) is 6.61 Å². The van der Waals surface area contributed by atoms with Gasteiger partial charge < -0.3 is 9.36 Å². The van der Waals surface area contributed by atoms with E-state index in [-0.39, 0.29) is 0 Å². The Bertz CT molecular complexity index is 437. The van der Waals surface area contributed by atoms with Gasteiger partial charge in [-0.2, -0.15) is 0 Å². The molecule has 2 N–H and O–H groups in total. The summed E-state index contributed by atoms with van der Waals surface area (Å²) in [7, 11) is 0. The van der Waals surface area contributed by atoms with Crippen molar-refractivity contribution in [2.45, 2.75) is 13.3 Å². The van der Waals surface area contributed by atoms with E-state index in [9.17, 15) is 0 Å². The lowest BCUT2D eigenvalue weighted by molar-refractivity contribution is 0.141. The Balaban J connectivity index is 2.34. The number of nitrogens with two attached hydrogens (primary N) is 1. The molecule has 2 aromatic rings. The Morgan fingerprint density at radius 1 is 1.50 bits per heavy atom. The molecule has 1 heterocycles. The van der Waals surface area contributed by atoms with E-state index >= 15 is 0 Å². The summed E-state index contributed by atoms with van der Waals surface area (Å²) >= 11 is 0. The highest BCUT2D eigenvalue weighted by atomic mass is 16.6. The monoisotopic (exact) mass is 192 g/mol. The van der Waals surface area contributed by atoms with E-state index in [2.05, 4.69) is 16.1 Å². The molecule has 0 amide bonds. The second-order valence-corrected chi connectivity index (χ2v) is 3.22. The molecule has 0 aliphatic heterocycles. The van der Waals surface area contributed by atoms with Crippen LogP contribution in [0.3, 0.4) is 0 Å². The van der Waals surface area contributed by atoms with Crippen molar-refractivity contribution in [3.05, 3.63) is 29.5 Å². The topological polar surface area (TPSA) is 61.3 Å². The van der Waals surface area contributed by atoms with Crippen molar-refractivity contribution in [1.82, 2.24) is 5.16 Å². The van der Waals surface area contributed by atoms with Crippen LogP contribution in [0.5, 0.6) is 0 Å². The SMILES string of the molecule is Cc1noc2ccc(CCON)cc12. The Labute approximate surface area is 81.6 Å². The van der Waals surface area contributed by atoms with Gasteiger partial charge >= 0.3 is 0 Å². The minimum Gasteiger partial charge on any atom is -0.356 e. The lowest BCUT2D eigenvalue weighted by Crippen LogP contribution is -2.03. The standard InChI is InChI=1S/C10H12N2O2/c1-7-9-6-8(4-5-13-11)2-3-10(9)14-12-7/h2-3,6H,4-5,11H2,1H3. The van der Waals surface area contributed by atoms with Crippen molar-refractivity contribution in [2.24, 2.45) is 5.90 Å². The van der Waals surface area contributed by atoms with Gasteiger partial charge in [0.2, 0.25) is 0 Å². The maximum absolute atomic E-state index is 5.10. The molecule has 0 radical (unpaired) electrons. The van der Waals surface area contributed by atoms with Gasteiger partial charge in [0, 0.05) is 5.39 Å². The fourth-order valence-electron chi connectivity index (χ4n) is 1.44. The van der Waals surface area contributed by atoms with E-state index in [1.54, 1.807) is 0 Å². The maximum atomic E-state index is 5.10. The normalized spacial score (nSPS) is 11.0. The fourth-order valence-corrected chi connectivity index (χ4v) is 1.44.